The molecule has 2 aliphatic rings. The minimum atomic E-state index is -1.03. The first-order chi connectivity index (χ1) is 5.68. The molecule has 0 fully saturated rings. The quantitative estimate of drug-likeness (QED) is 0.461. The molecule has 64 valence electrons. The molecule has 3 atom stereocenters. The van der Waals surface area contributed by atoms with Crippen LogP contribution in [0.2, 0.25) is 0 Å². The van der Waals surface area contributed by atoms with Gasteiger partial charge in [-0.3, -0.25) is 0 Å². The predicted octanol–water partition coefficient (Wildman–Crippen LogP) is -0.870. The Morgan fingerprint density at radius 2 is 2.17 bits per heavy atom. The molecule has 2 rings (SSSR count). The number of hydrogen-bond acceptors (Lipinski definition) is 4. The van der Waals surface area contributed by atoms with Crippen molar-refractivity contribution in [3.05, 3.63) is 23.8 Å². The summed E-state index contributed by atoms with van der Waals surface area (Å²) in [5, 5.41) is 18.5. The van der Waals surface area contributed by atoms with Gasteiger partial charge >= 0.3 is 5.97 Å². The first-order valence-corrected chi connectivity index (χ1v) is 3.65. The summed E-state index contributed by atoms with van der Waals surface area (Å²) in [4.78, 5) is 10.7. The van der Waals surface area contributed by atoms with Crippen LogP contribution in [0, 0.1) is 0 Å². The average Bonchev–Trinajstić information content (AvgIpc) is 2.39. The van der Waals surface area contributed by atoms with Gasteiger partial charge in [0.05, 0.1) is 0 Å². The summed E-state index contributed by atoms with van der Waals surface area (Å²) in [6.45, 7) is 0. The summed E-state index contributed by atoms with van der Waals surface area (Å²) in [5.41, 5.74) is 0.623. The van der Waals surface area contributed by atoms with Crippen LogP contribution in [-0.4, -0.2) is 34.5 Å². The lowest BCUT2D eigenvalue weighted by Gasteiger charge is -2.25. The van der Waals surface area contributed by atoms with Crippen LogP contribution in [0.15, 0.2) is 23.8 Å². The SMILES string of the molecule is O=C1C=C2C=CC(O)C(O)[C@H]2O1. The zero-order chi connectivity index (χ0) is 8.72. The van der Waals surface area contributed by atoms with Gasteiger partial charge in [0.2, 0.25) is 0 Å². The van der Waals surface area contributed by atoms with Crippen LogP contribution >= 0.6 is 0 Å². The molecule has 2 N–H and O–H groups in total. The number of hydrogen-bond donors (Lipinski definition) is 2. The van der Waals surface area contributed by atoms with E-state index in [1.807, 2.05) is 0 Å². The second kappa shape index (κ2) is 2.43. The standard InChI is InChI=1S/C8H8O4/c9-5-2-1-4-3-6(10)12-8(4)7(5)11/h1-3,5,7-9,11H/t5?,7?,8-/m0/s1. The molecule has 4 heteroatoms. The molecule has 0 saturated heterocycles. The number of rotatable bonds is 0. The van der Waals surface area contributed by atoms with Gasteiger partial charge in [-0.15, -0.1) is 0 Å². The third kappa shape index (κ3) is 0.964. The Bertz CT molecular complexity index is 279. The Balaban J connectivity index is 2.32. The molecule has 0 saturated carbocycles. The summed E-state index contributed by atoms with van der Waals surface area (Å²) < 4.78 is 4.76. The van der Waals surface area contributed by atoms with E-state index in [0.29, 0.717) is 5.57 Å². The number of esters is 1. The van der Waals surface area contributed by atoms with Crippen LogP contribution in [0.4, 0.5) is 0 Å². The molecule has 12 heavy (non-hydrogen) atoms. The van der Waals surface area contributed by atoms with Crippen molar-refractivity contribution in [3.8, 4) is 0 Å². The highest BCUT2D eigenvalue weighted by atomic mass is 16.6. The Morgan fingerprint density at radius 1 is 1.42 bits per heavy atom. The van der Waals surface area contributed by atoms with Crippen molar-refractivity contribution in [2.24, 2.45) is 0 Å². The Morgan fingerprint density at radius 3 is 2.92 bits per heavy atom. The van der Waals surface area contributed by atoms with Crippen molar-refractivity contribution >= 4 is 5.97 Å². The maximum Gasteiger partial charge on any atom is 0.331 e. The first-order valence-electron chi connectivity index (χ1n) is 3.65. The summed E-state index contributed by atoms with van der Waals surface area (Å²) in [6.07, 6.45) is 1.68. The zero-order valence-electron chi connectivity index (χ0n) is 6.18. The number of fused-ring (bicyclic) bond motifs is 1. The van der Waals surface area contributed by atoms with Crippen molar-refractivity contribution in [3.63, 3.8) is 0 Å². The molecule has 1 heterocycles. The molecule has 2 unspecified atom stereocenters. The topological polar surface area (TPSA) is 66.8 Å². The summed E-state index contributed by atoms with van der Waals surface area (Å²) in [5.74, 6) is -0.465. The monoisotopic (exact) mass is 168 g/mol. The highest BCUT2D eigenvalue weighted by Crippen LogP contribution is 2.26. The van der Waals surface area contributed by atoms with Crippen LogP contribution in [0.25, 0.3) is 0 Å². The molecule has 4 nitrogen and oxygen atoms in total. The third-order valence-corrected chi connectivity index (χ3v) is 2.00. The van der Waals surface area contributed by atoms with E-state index in [4.69, 9.17) is 9.84 Å². The van der Waals surface area contributed by atoms with Gasteiger partial charge in [-0.05, 0) is 0 Å². The molecular formula is C8H8O4. The van der Waals surface area contributed by atoms with Gasteiger partial charge in [0.1, 0.15) is 12.2 Å². The minimum absolute atomic E-state index is 0.465. The molecular weight excluding hydrogens is 160 g/mol. The Kier molecular flexibility index (Phi) is 1.52. The van der Waals surface area contributed by atoms with E-state index in [2.05, 4.69) is 0 Å². The lowest BCUT2D eigenvalue weighted by Crippen LogP contribution is -2.39. The van der Waals surface area contributed by atoms with Crippen molar-refractivity contribution in [1.29, 1.82) is 0 Å². The largest absolute Gasteiger partial charge is 0.451 e. The maximum atomic E-state index is 10.7. The molecule has 0 spiro atoms. The van der Waals surface area contributed by atoms with Gasteiger partial charge < -0.3 is 14.9 Å². The number of carbonyl (C=O) groups excluding carboxylic acids is 1. The van der Waals surface area contributed by atoms with E-state index in [-0.39, 0.29) is 0 Å². The second-order valence-corrected chi connectivity index (χ2v) is 2.84. The van der Waals surface area contributed by atoms with Crippen molar-refractivity contribution in [2.45, 2.75) is 18.3 Å². The van der Waals surface area contributed by atoms with E-state index in [9.17, 15) is 9.90 Å². The van der Waals surface area contributed by atoms with Crippen LogP contribution in [-0.2, 0) is 9.53 Å². The second-order valence-electron chi connectivity index (χ2n) is 2.84. The van der Waals surface area contributed by atoms with Gasteiger partial charge in [-0.2, -0.15) is 0 Å². The van der Waals surface area contributed by atoms with Crippen molar-refractivity contribution in [1.82, 2.24) is 0 Å². The van der Waals surface area contributed by atoms with E-state index in [0.717, 1.165) is 0 Å². The smallest absolute Gasteiger partial charge is 0.331 e. The summed E-state index contributed by atoms with van der Waals surface area (Å²) in [7, 11) is 0. The zero-order valence-corrected chi connectivity index (χ0v) is 6.18. The maximum absolute atomic E-state index is 10.7. The summed E-state index contributed by atoms with van der Waals surface area (Å²) in [6, 6.07) is 0. The molecule has 1 aliphatic carbocycles. The van der Waals surface area contributed by atoms with Crippen LogP contribution < -0.4 is 0 Å². The van der Waals surface area contributed by atoms with E-state index < -0.39 is 24.3 Å². The lowest BCUT2D eigenvalue weighted by atomic mass is 9.95. The first kappa shape index (κ1) is 7.52. The van der Waals surface area contributed by atoms with E-state index >= 15 is 0 Å². The van der Waals surface area contributed by atoms with Gasteiger partial charge in [0.15, 0.2) is 6.10 Å². The fraction of sp³-hybridized carbons (Fsp3) is 0.375. The van der Waals surface area contributed by atoms with Gasteiger partial charge in [-0.1, -0.05) is 12.2 Å². The number of ether oxygens (including phenoxy) is 1. The van der Waals surface area contributed by atoms with Crippen LogP contribution in [0.5, 0.6) is 0 Å². The van der Waals surface area contributed by atoms with Crippen LogP contribution in [0.3, 0.4) is 0 Å². The normalized spacial score (nSPS) is 39.0. The Hall–Kier alpha value is -1.13. The fourth-order valence-corrected chi connectivity index (χ4v) is 1.36. The lowest BCUT2D eigenvalue weighted by molar-refractivity contribution is -0.145. The molecule has 0 radical (unpaired) electrons. The van der Waals surface area contributed by atoms with Crippen LogP contribution in [0.1, 0.15) is 0 Å². The number of carbonyl (C=O) groups is 1. The molecule has 0 aromatic rings. The van der Waals surface area contributed by atoms with Gasteiger partial charge in [-0.25, -0.2) is 4.79 Å². The van der Waals surface area contributed by atoms with E-state index in [1.54, 1.807) is 6.08 Å². The molecule has 1 aliphatic heterocycles. The number of aliphatic hydroxyl groups is 2. The van der Waals surface area contributed by atoms with Gasteiger partial charge in [0.25, 0.3) is 0 Å². The van der Waals surface area contributed by atoms with Crippen molar-refractivity contribution < 1.29 is 19.7 Å². The Labute approximate surface area is 68.8 Å². The highest BCUT2D eigenvalue weighted by molar-refractivity contribution is 5.87. The van der Waals surface area contributed by atoms with E-state index in [1.165, 1.54) is 12.2 Å². The average molecular weight is 168 g/mol. The molecule has 0 bridgehead atoms. The number of aliphatic hydroxyl groups excluding tert-OH is 2. The molecule has 0 aromatic heterocycles. The highest BCUT2D eigenvalue weighted by Gasteiger charge is 2.37. The third-order valence-electron chi connectivity index (χ3n) is 2.00. The fourth-order valence-electron chi connectivity index (χ4n) is 1.36. The van der Waals surface area contributed by atoms with Crippen molar-refractivity contribution in [2.75, 3.05) is 0 Å². The summed E-state index contributed by atoms with van der Waals surface area (Å²) >= 11 is 0. The molecule has 0 aromatic carbocycles. The predicted molar refractivity (Wildman–Crippen MR) is 39.1 cm³/mol. The minimum Gasteiger partial charge on any atom is -0.451 e. The van der Waals surface area contributed by atoms with Gasteiger partial charge in [0, 0.05) is 11.6 Å². The molecule has 0 amide bonds.